The Morgan fingerprint density at radius 1 is 0.968 bits per heavy atom. The van der Waals surface area contributed by atoms with Gasteiger partial charge < -0.3 is 10.3 Å². The van der Waals surface area contributed by atoms with Crippen molar-refractivity contribution >= 4 is 52.1 Å². The first-order valence-corrected chi connectivity index (χ1v) is 10.8. The number of amides is 1. The Morgan fingerprint density at radius 3 is 2.45 bits per heavy atom. The van der Waals surface area contributed by atoms with Crippen molar-refractivity contribution in [1.82, 2.24) is 5.01 Å². The fourth-order valence-corrected chi connectivity index (χ4v) is 4.20. The van der Waals surface area contributed by atoms with Gasteiger partial charge in [-0.15, -0.1) is 0 Å². The maximum atomic E-state index is 13.2. The second-order valence-electron chi connectivity index (χ2n) is 7.35. The summed E-state index contributed by atoms with van der Waals surface area (Å²) in [6, 6.07) is 18.5. The van der Waals surface area contributed by atoms with Gasteiger partial charge in [-0.3, -0.25) is 4.79 Å². The number of nitrogens with one attached hydrogen (secondary N) is 1. The molecule has 3 aromatic carbocycles. The third kappa shape index (κ3) is 5.31. The van der Waals surface area contributed by atoms with E-state index >= 15 is 0 Å². The average molecular weight is 479 g/mol. The molecule has 31 heavy (non-hydrogen) atoms. The lowest BCUT2D eigenvalue weighted by Gasteiger charge is -2.30. The molecule has 1 amide bonds. The van der Waals surface area contributed by atoms with E-state index < -0.39 is 0 Å². The first-order valence-electron chi connectivity index (χ1n) is 9.67. The van der Waals surface area contributed by atoms with E-state index in [-0.39, 0.29) is 17.6 Å². The molecule has 3 aromatic rings. The lowest BCUT2D eigenvalue weighted by atomic mass is 10.1. The Bertz CT molecular complexity index is 1090. The molecular weight excluding hydrogens is 460 g/mol. The van der Waals surface area contributed by atoms with Gasteiger partial charge in [-0.05, 0) is 60.2 Å². The number of halogens is 4. The fraction of sp³-hybridized carbons (Fsp3) is 0.174. The molecule has 1 fully saturated rings. The Balaban J connectivity index is 1.58. The van der Waals surface area contributed by atoms with Crippen LogP contribution in [0.3, 0.4) is 0 Å². The predicted molar refractivity (Wildman–Crippen MR) is 124 cm³/mol. The number of nitrogens with zero attached hydrogens (tertiary/aromatic N) is 2. The summed E-state index contributed by atoms with van der Waals surface area (Å²) < 4.78 is 13.2. The van der Waals surface area contributed by atoms with Crippen molar-refractivity contribution in [3.05, 3.63) is 93.2 Å². The molecule has 0 aromatic heterocycles. The molecular formula is C23H19Cl3FN3O. The zero-order valence-electron chi connectivity index (χ0n) is 16.4. The highest BCUT2D eigenvalue weighted by Crippen LogP contribution is 2.34. The summed E-state index contributed by atoms with van der Waals surface area (Å²) in [5, 5.41) is 8.64. The van der Waals surface area contributed by atoms with Crippen LogP contribution in [0.5, 0.6) is 0 Å². The molecule has 4 rings (SSSR count). The van der Waals surface area contributed by atoms with Crippen molar-refractivity contribution in [2.45, 2.75) is 6.54 Å². The van der Waals surface area contributed by atoms with Crippen LogP contribution in [0.4, 0.5) is 15.8 Å². The SMILES string of the molecule is O=C(Nc1ccc(F)cc1)C1CN(Cc2cccc(Cl)c2)N(c2cc(Cl)ccc2Cl)C1. The van der Waals surface area contributed by atoms with Crippen molar-refractivity contribution in [2.75, 3.05) is 23.4 Å². The highest BCUT2D eigenvalue weighted by molar-refractivity contribution is 6.35. The Labute approximate surface area is 195 Å². The monoisotopic (exact) mass is 477 g/mol. The lowest BCUT2D eigenvalue weighted by Crippen LogP contribution is -2.36. The van der Waals surface area contributed by atoms with Gasteiger partial charge in [0.25, 0.3) is 0 Å². The molecule has 1 atom stereocenters. The molecule has 0 bridgehead atoms. The fourth-order valence-electron chi connectivity index (χ4n) is 3.61. The van der Waals surface area contributed by atoms with E-state index in [0.717, 1.165) is 11.3 Å². The third-order valence-corrected chi connectivity index (χ3v) is 5.88. The van der Waals surface area contributed by atoms with E-state index in [0.29, 0.717) is 40.4 Å². The topological polar surface area (TPSA) is 35.6 Å². The highest BCUT2D eigenvalue weighted by Gasteiger charge is 2.35. The number of benzene rings is 3. The molecule has 0 spiro atoms. The van der Waals surface area contributed by atoms with Gasteiger partial charge in [0.05, 0.1) is 16.6 Å². The molecule has 0 radical (unpaired) electrons. The molecule has 1 aliphatic heterocycles. The molecule has 0 aliphatic carbocycles. The van der Waals surface area contributed by atoms with E-state index in [1.54, 1.807) is 18.2 Å². The summed E-state index contributed by atoms with van der Waals surface area (Å²) in [4.78, 5) is 12.9. The normalized spacial score (nSPS) is 16.5. The van der Waals surface area contributed by atoms with E-state index in [1.807, 2.05) is 29.3 Å². The predicted octanol–water partition coefficient (Wildman–Crippen LogP) is 6.28. The van der Waals surface area contributed by atoms with Gasteiger partial charge in [0, 0.05) is 35.4 Å². The second-order valence-corrected chi connectivity index (χ2v) is 8.63. The summed E-state index contributed by atoms with van der Waals surface area (Å²) in [5.74, 6) is -0.837. The summed E-state index contributed by atoms with van der Waals surface area (Å²) in [7, 11) is 0. The van der Waals surface area contributed by atoms with Gasteiger partial charge in [0.15, 0.2) is 0 Å². The Hall–Kier alpha value is -2.31. The number of anilines is 2. The molecule has 1 N–H and O–H groups in total. The number of carbonyl (C=O) groups is 1. The van der Waals surface area contributed by atoms with Crippen LogP contribution >= 0.6 is 34.8 Å². The van der Waals surface area contributed by atoms with Crippen molar-refractivity contribution < 1.29 is 9.18 Å². The second kappa shape index (κ2) is 9.45. The van der Waals surface area contributed by atoms with E-state index in [2.05, 4.69) is 10.3 Å². The average Bonchev–Trinajstić information content (AvgIpc) is 3.15. The third-order valence-electron chi connectivity index (χ3n) is 5.09. The largest absolute Gasteiger partial charge is 0.326 e. The van der Waals surface area contributed by atoms with E-state index in [1.165, 1.54) is 24.3 Å². The first-order chi connectivity index (χ1) is 14.9. The van der Waals surface area contributed by atoms with Gasteiger partial charge in [0.2, 0.25) is 5.91 Å². The number of carbonyl (C=O) groups excluding carboxylic acids is 1. The molecule has 1 saturated heterocycles. The van der Waals surface area contributed by atoms with Crippen LogP contribution in [0.1, 0.15) is 5.56 Å². The van der Waals surface area contributed by atoms with Crippen LogP contribution < -0.4 is 10.3 Å². The minimum absolute atomic E-state index is 0.150. The van der Waals surface area contributed by atoms with Gasteiger partial charge in [-0.2, -0.15) is 0 Å². The van der Waals surface area contributed by atoms with E-state index in [4.69, 9.17) is 34.8 Å². The highest BCUT2D eigenvalue weighted by atomic mass is 35.5. The molecule has 0 saturated carbocycles. The van der Waals surface area contributed by atoms with Crippen LogP contribution in [-0.4, -0.2) is 24.0 Å². The molecule has 8 heteroatoms. The van der Waals surface area contributed by atoms with Gasteiger partial charge in [-0.1, -0.05) is 46.9 Å². The summed E-state index contributed by atoms with van der Waals surface area (Å²) >= 11 is 18.8. The smallest absolute Gasteiger partial charge is 0.230 e. The molecule has 1 heterocycles. The summed E-state index contributed by atoms with van der Waals surface area (Å²) in [6.45, 7) is 1.44. The Morgan fingerprint density at radius 2 is 1.71 bits per heavy atom. The molecule has 4 nitrogen and oxygen atoms in total. The minimum Gasteiger partial charge on any atom is -0.326 e. The molecule has 1 aliphatic rings. The maximum Gasteiger partial charge on any atom is 0.230 e. The Kier molecular flexibility index (Phi) is 6.68. The molecule has 160 valence electrons. The standard InChI is InChI=1S/C23H19Cl3FN3O/c24-17-3-1-2-15(10-17)12-29-13-16(23(31)28-20-7-5-19(27)6-8-20)14-30(29)22-11-18(25)4-9-21(22)26/h1-11,16H,12-14H2,(H,28,31). The van der Waals surface area contributed by atoms with Crippen LogP contribution in [0, 0.1) is 11.7 Å². The van der Waals surface area contributed by atoms with Crippen molar-refractivity contribution in [1.29, 1.82) is 0 Å². The maximum absolute atomic E-state index is 13.2. The molecule has 1 unspecified atom stereocenters. The van der Waals surface area contributed by atoms with Gasteiger partial charge >= 0.3 is 0 Å². The number of hydrogen-bond acceptors (Lipinski definition) is 3. The van der Waals surface area contributed by atoms with E-state index in [9.17, 15) is 9.18 Å². The zero-order chi connectivity index (χ0) is 22.0. The van der Waals surface area contributed by atoms with Crippen LogP contribution in [0.15, 0.2) is 66.7 Å². The summed E-state index contributed by atoms with van der Waals surface area (Å²) in [6.07, 6.45) is 0. The van der Waals surface area contributed by atoms with Crippen molar-refractivity contribution in [2.24, 2.45) is 5.92 Å². The number of hydrogen-bond donors (Lipinski definition) is 1. The summed E-state index contributed by atoms with van der Waals surface area (Å²) in [5.41, 5.74) is 2.29. The van der Waals surface area contributed by atoms with Crippen molar-refractivity contribution in [3.8, 4) is 0 Å². The van der Waals surface area contributed by atoms with Crippen molar-refractivity contribution in [3.63, 3.8) is 0 Å². The number of rotatable bonds is 5. The number of hydrazine groups is 1. The van der Waals surface area contributed by atoms with Crippen LogP contribution in [0.2, 0.25) is 15.1 Å². The van der Waals surface area contributed by atoms with Crippen LogP contribution in [-0.2, 0) is 11.3 Å². The quantitative estimate of drug-likeness (QED) is 0.469. The van der Waals surface area contributed by atoms with Crippen LogP contribution in [0.25, 0.3) is 0 Å². The zero-order valence-corrected chi connectivity index (χ0v) is 18.6. The van der Waals surface area contributed by atoms with Gasteiger partial charge in [0.1, 0.15) is 5.82 Å². The minimum atomic E-state index is -0.353. The first kappa shape index (κ1) is 21.9. The lowest BCUT2D eigenvalue weighted by molar-refractivity contribution is -0.119. The van der Waals surface area contributed by atoms with Gasteiger partial charge in [-0.25, -0.2) is 9.40 Å².